The molecule has 1 aromatic heterocycles. The predicted molar refractivity (Wildman–Crippen MR) is 142 cm³/mol. The molecule has 33 heavy (non-hydrogen) atoms. The van der Waals surface area contributed by atoms with Crippen LogP contribution in [-0.2, 0) is 0 Å². The van der Waals surface area contributed by atoms with Crippen molar-refractivity contribution in [3.8, 4) is 17.0 Å². The number of hydrogen-bond donors (Lipinski definition) is 2. The summed E-state index contributed by atoms with van der Waals surface area (Å²) >= 11 is 2.80. The number of rotatable bonds is 8. The summed E-state index contributed by atoms with van der Waals surface area (Å²) in [6, 6.07) is 15.3. The van der Waals surface area contributed by atoms with Crippen molar-refractivity contribution in [1.82, 2.24) is 9.88 Å². The first kappa shape index (κ1) is 23.8. The first-order valence-corrected chi connectivity index (χ1v) is 13.1. The number of nitrogens with one attached hydrogen (secondary N) is 1. The van der Waals surface area contributed by atoms with Crippen molar-refractivity contribution < 1.29 is 4.74 Å². The van der Waals surface area contributed by atoms with Gasteiger partial charge in [0.1, 0.15) is 5.75 Å². The van der Waals surface area contributed by atoms with Crippen LogP contribution in [0.2, 0.25) is 0 Å². The van der Waals surface area contributed by atoms with E-state index in [0.717, 1.165) is 52.2 Å². The van der Waals surface area contributed by atoms with Gasteiger partial charge in [-0.05, 0) is 75.4 Å². The van der Waals surface area contributed by atoms with E-state index in [2.05, 4.69) is 59.8 Å². The summed E-state index contributed by atoms with van der Waals surface area (Å²) in [6.07, 6.45) is 3.55. The molecule has 0 saturated heterocycles. The standard InChI is InChI=1S/C26H32N4OS2/c1-17(2)30-13-11-20(12-14-30)19-5-7-21(8-6-19)24-16-32-26(29-24)28-23-15-22(33-27)9-10-25(23)31-18(3)4/h5-11,15-18H,12-14,27H2,1-4H3,(H,28,29). The molecular formula is C26H32N4OS2. The SMILES string of the molecule is CC(C)Oc1ccc(SN)cc1Nc1nc(-c2ccc(C3=CCN(C(C)C)CC3)cc2)cs1. The Morgan fingerprint density at radius 3 is 2.48 bits per heavy atom. The molecule has 0 unspecified atom stereocenters. The van der Waals surface area contributed by atoms with E-state index in [1.165, 1.54) is 23.1 Å². The maximum atomic E-state index is 5.95. The molecule has 174 valence electrons. The smallest absolute Gasteiger partial charge is 0.187 e. The summed E-state index contributed by atoms with van der Waals surface area (Å²) in [7, 11) is 0. The Balaban J connectivity index is 1.48. The number of nitrogens with two attached hydrogens (primary N) is 1. The van der Waals surface area contributed by atoms with Gasteiger partial charge in [-0.2, -0.15) is 0 Å². The number of hydrogen-bond acceptors (Lipinski definition) is 7. The van der Waals surface area contributed by atoms with Gasteiger partial charge in [-0.25, -0.2) is 4.98 Å². The van der Waals surface area contributed by atoms with Crippen molar-refractivity contribution in [1.29, 1.82) is 0 Å². The van der Waals surface area contributed by atoms with Crippen molar-refractivity contribution in [3.63, 3.8) is 0 Å². The van der Waals surface area contributed by atoms with Crippen LogP contribution in [0.4, 0.5) is 10.8 Å². The fourth-order valence-corrected chi connectivity index (χ4v) is 4.95. The van der Waals surface area contributed by atoms with Crippen molar-refractivity contribution in [2.45, 2.75) is 51.2 Å². The van der Waals surface area contributed by atoms with Crippen molar-refractivity contribution in [3.05, 3.63) is 59.5 Å². The van der Waals surface area contributed by atoms with Crippen LogP contribution in [0, 0.1) is 0 Å². The van der Waals surface area contributed by atoms with Crippen molar-refractivity contribution in [2.75, 3.05) is 18.4 Å². The lowest BCUT2D eigenvalue weighted by Gasteiger charge is -2.29. The number of aromatic nitrogens is 1. The first-order valence-electron chi connectivity index (χ1n) is 11.4. The van der Waals surface area contributed by atoms with Gasteiger partial charge in [0.15, 0.2) is 5.13 Å². The monoisotopic (exact) mass is 480 g/mol. The highest BCUT2D eigenvalue weighted by Crippen LogP contribution is 2.35. The van der Waals surface area contributed by atoms with Gasteiger partial charge in [0.2, 0.25) is 0 Å². The molecule has 4 rings (SSSR count). The Bertz CT molecular complexity index is 1110. The molecule has 0 fully saturated rings. The molecular weight excluding hydrogens is 448 g/mol. The maximum absolute atomic E-state index is 5.95. The Hall–Kier alpha value is -2.32. The largest absolute Gasteiger partial charge is 0.489 e. The fraction of sp³-hybridized carbons (Fsp3) is 0.346. The Labute approximate surface area is 205 Å². The zero-order valence-corrected chi connectivity index (χ0v) is 21.3. The quantitative estimate of drug-likeness (QED) is 0.346. The summed E-state index contributed by atoms with van der Waals surface area (Å²) in [5, 5.41) is 12.1. The van der Waals surface area contributed by atoms with Crippen molar-refractivity contribution in [2.24, 2.45) is 5.14 Å². The van der Waals surface area contributed by atoms with Gasteiger partial charge in [0.25, 0.3) is 0 Å². The summed E-state index contributed by atoms with van der Waals surface area (Å²) in [6.45, 7) is 10.7. The number of anilines is 2. The molecule has 5 nitrogen and oxygen atoms in total. The van der Waals surface area contributed by atoms with Crippen LogP contribution in [0.25, 0.3) is 16.8 Å². The van der Waals surface area contributed by atoms with E-state index in [1.807, 2.05) is 32.0 Å². The third-order valence-electron chi connectivity index (χ3n) is 5.72. The molecule has 0 atom stereocenters. The zero-order valence-electron chi connectivity index (χ0n) is 19.7. The van der Waals surface area contributed by atoms with Crippen LogP contribution in [0.3, 0.4) is 0 Å². The summed E-state index contributed by atoms with van der Waals surface area (Å²) in [5.74, 6) is 0.792. The van der Waals surface area contributed by atoms with Crippen LogP contribution in [0.5, 0.6) is 5.75 Å². The molecule has 0 radical (unpaired) electrons. The number of benzene rings is 2. The molecule has 0 spiro atoms. The summed E-state index contributed by atoms with van der Waals surface area (Å²) < 4.78 is 5.95. The first-order chi connectivity index (χ1) is 15.9. The molecule has 1 aliphatic rings. The second kappa shape index (κ2) is 10.7. The molecule has 0 amide bonds. The van der Waals surface area contributed by atoms with Gasteiger partial charge in [-0.15, -0.1) is 11.3 Å². The van der Waals surface area contributed by atoms with E-state index in [1.54, 1.807) is 11.3 Å². The molecule has 0 aliphatic carbocycles. The number of thiazole rings is 1. The molecule has 1 aliphatic heterocycles. The van der Waals surface area contributed by atoms with E-state index in [-0.39, 0.29) is 6.10 Å². The van der Waals surface area contributed by atoms with Gasteiger partial charge in [0, 0.05) is 35.0 Å². The minimum Gasteiger partial charge on any atom is -0.489 e. The van der Waals surface area contributed by atoms with E-state index in [0.29, 0.717) is 6.04 Å². The number of nitrogens with zero attached hydrogens (tertiary/aromatic N) is 2. The Kier molecular flexibility index (Phi) is 7.75. The molecule has 3 aromatic rings. The molecule has 3 N–H and O–H groups in total. The normalized spacial score (nSPS) is 14.6. The van der Waals surface area contributed by atoms with Gasteiger partial charge >= 0.3 is 0 Å². The van der Waals surface area contributed by atoms with E-state index >= 15 is 0 Å². The highest BCUT2D eigenvalue weighted by Gasteiger charge is 2.15. The number of ether oxygens (including phenoxy) is 1. The van der Waals surface area contributed by atoms with E-state index in [9.17, 15) is 0 Å². The Morgan fingerprint density at radius 1 is 1.09 bits per heavy atom. The average Bonchev–Trinajstić information content (AvgIpc) is 3.28. The van der Waals surface area contributed by atoms with Gasteiger partial charge in [-0.3, -0.25) is 10.0 Å². The highest BCUT2D eigenvalue weighted by molar-refractivity contribution is 7.97. The van der Waals surface area contributed by atoms with Crippen LogP contribution in [-0.4, -0.2) is 35.1 Å². The van der Waals surface area contributed by atoms with E-state index < -0.39 is 0 Å². The van der Waals surface area contributed by atoms with Crippen molar-refractivity contribution >= 4 is 39.7 Å². The fourth-order valence-electron chi connectivity index (χ4n) is 3.89. The average molecular weight is 481 g/mol. The van der Waals surface area contributed by atoms with E-state index in [4.69, 9.17) is 14.9 Å². The zero-order chi connectivity index (χ0) is 23.4. The lowest BCUT2D eigenvalue weighted by atomic mass is 9.97. The van der Waals surface area contributed by atoms with Crippen LogP contribution in [0.1, 0.15) is 39.7 Å². The topological polar surface area (TPSA) is 63.4 Å². The maximum Gasteiger partial charge on any atom is 0.187 e. The van der Waals surface area contributed by atoms with Gasteiger partial charge in [0.05, 0.1) is 17.5 Å². The van der Waals surface area contributed by atoms with Crippen LogP contribution < -0.4 is 15.2 Å². The molecule has 0 bridgehead atoms. The molecule has 0 saturated carbocycles. The summed E-state index contributed by atoms with van der Waals surface area (Å²) in [4.78, 5) is 8.28. The molecule has 2 aromatic carbocycles. The third-order valence-corrected chi connectivity index (χ3v) is 7.00. The van der Waals surface area contributed by atoms with Crippen LogP contribution in [0.15, 0.2) is 58.8 Å². The lowest BCUT2D eigenvalue weighted by molar-refractivity contribution is 0.243. The molecule has 7 heteroatoms. The second-order valence-electron chi connectivity index (χ2n) is 8.75. The molecule has 2 heterocycles. The minimum atomic E-state index is 0.0834. The predicted octanol–water partition coefficient (Wildman–Crippen LogP) is 6.80. The minimum absolute atomic E-state index is 0.0834. The Morgan fingerprint density at radius 2 is 1.85 bits per heavy atom. The van der Waals surface area contributed by atoms with Gasteiger partial charge < -0.3 is 10.1 Å². The van der Waals surface area contributed by atoms with Crippen LogP contribution >= 0.6 is 23.3 Å². The third kappa shape index (κ3) is 5.98. The summed E-state index contributed by atoms with van der Waals surface area (Å²) in [5.41, 5.74) is 5.70. The lowest BCUT2D eigenvalue weighted by Crippen LogP contribution is -2.34. The van der Waals surface area contributed by atoms with Gasteiger partial charge in [-0.1, -0.05) is 30.3 Å². The highest BCUT2D eigenvalue weighted by atomic mass is 32.2. The second-order valence-corrected chi connectivity index (χ2v) is 10.3.